The fourth-order valence-electron chi connectivity index (χ4n) is 5.11. The molecular formula is C20H29NO2. The van der Waals surface area contributed by atoms with Crippen LogP contribution in [-0.2, 0) is 11.3 Å². The predicted molar refractivity (Wildman–Crippen MR) is 91.1 cm³/mol. The van der Waals surface area contributed by atoms with E-state index < -0.39 is 5.60 Å². The summed E-state index contributed by atoms with van der Waals surface area (Å²) in [6.07, 6.45) is 8.16. The van der Waals surface area contributed by atoms with Crippen LogP contribution in [-0.4, -0.2) is 40.9 Å². The average molecular weight is 315 g/mol. The largest absolute Gasteiger partial charge is 0.389 e. The van der Waals surface area contributed by atoms with Gasteiger partial charge in [-0.25, -0.2) is 0 Å². The predicted octanol–water partition coefficient (Wildman–Crippen LogP) is 3.36. The van der Waals surface area contributed by atoms with Crippen molar-refractivity contribution in [1.29, 1.82) is 0 Å². The van der Waals surface area contributed by atoms with E-state index in [1.807, 2.05) is 0 Å². The highest BCUT2D eigenvalue weighted by atomic mass is 16.5. The van der Waals surface area contributed by atoms with Crippen LogP contribution in [0, 0.1) is 5.92 Å². The monoisotopic (exact) mass is 315 g/mol. The Morgan fingerprint density at radius 2 is 1.65 bits per heavy atom. The number of hydrogen-bond acceptors (Lipinski definition) is 3. The third kappa shape index (κ3) is 3.19. The third-order valence-electron chi connectivity index (χ3n) is 6.31. The zero-order chi connectivity index (χ0) is 15.7. The first-order valence-electron chi connectivity index (χ1n) is 9.34. The maximum absolute atomic E-state index is 11.4. The summed E-state index contributed by atoms with van der Waals surface area (Å²) in [6, 6.07) is 11.5. The molecule has 3 fully saturated rings. The van der Waals surface area contributed by atoms with Crippen molar-refractivity contribution >= 4 is 0 Å². The minimum Gasteiger partial charge on any atom is -0.389 e. The summed E-state index contributed by atoms with van der Waals surface area (Å²) in [7, 11) is 0. The number of aliphatic hydroxyl groups is 1. The molecule has 126 valence electrons. The lowest BCUT2D eigenvalue weighted by Gasteiger charge is -2.54. The van der Waals surface area contributed by atoms with Crippen LogP contribution in [0.4, 0.5) is 0 Å². The van der Waals surface area contributed by atoms with Gasteiger partial charge in [0.15, 0.2) is 0 Å². The second-order valence-corrected chi connectivity index (χ2v) is 7.85. The molecule has 2 aliphatic heterocycles. The number of morpholine rings is 1. The van der Waals surface area contributed by atoms with Gasteiger partial charge in [-0.3, -0.25) is 4.90 Å². The number of piperidine rings is 1. The van der Waals surface area contributed by atoms with Crippen molar-refractivity contribution in [3.63, 3.8) is 0 Å². The van der Waals surface area contributed by atoms with E-state index in [4.69, 9.17) is 4.74 Å². The number of hydrogen-bond donors (Lipinski definition) is 1. The highest BCUT2D eigenvalue weighted by Gasteiger charge is 2.49. The van der Waals surface area contributed by atoms with Gasteiger partial charge in [-0.15, -0.1) is 0 Å². The highest BCUT2D eigenvalue weighted by molar-refractivity contribution is 5.16. The molecule has 2 unspecified atom stereocenters. The molecular weight excluding hydrogens is 286 g/mol. The molecule has 2 heterocycles. The molecule has 1 saturated carbocycles. The van der Waals surface area contributed by atoms with Crippen molar-refractivity contribution in [2.75, 3.05) is 13.2 Å². The van der Waals surface area contributed by atoms with Gasteiger partial charge in [-0.1, -0.05) is 49.6 Å². The summed E-state index contributed by atoms with van der Waals surface area (Å²) in [5.41, 5.74) is 0.916. The van der Waals surface area contributed by atoms with Gasteiger partial charge >= 0.3 is 0 Å². The van der Waals surface area contributed by atoms with Gasteiger partial charge in [-0.2, -0.15) is 0 Å². The Morgan fingerprint density at radius 1 is 1.00 bits per heavy atom. The molecule has 1 aromatic rings. The Balaban J connectivity index is 1.50. The Morgan fingerprint density at radius 3 is 2.30 bits per heavy atom. The lowest BCUT2D eigenvalue weighted by Crippen LogP contribution is -2.63. The minimum atomic E-state index is -0.452. The Kier molecular flexibility index (Phi) is 4.44. The van der Waals surface area contributed by atoms with Crippen LogP contribution in [0.5, 0.6) is 0 Å². The molecule has 0 amide bonds. The molecule has 2 saturated heterocycles. The van der Waals surface area contributed by atoms with Crippen molar-refractivity contribution in [3.8, 4) is 0 Å². The summed E-state index contributed by atoms with van der Waals surface area (Å²) in [4.78, 5) is 2.59. The van der Waals surface area contributed by atoms with Crippen LogP contribution in [0.15, 0.2) is 30.3 Å². The first kappa shape index (κ1) is 15.6. The molecule has 0 radical (unpaired) electrons. The van der Waals surface area contributed by atoms with Gasteiger partial charge in [-0.05, 0) is 37.2 Å². The molecule has 1 N–H and O–H groups in total. The number of fused-ring (bicyclic) bond motifs is 2. The Bertz CT molecular complexity index is 498. The molecule has 23 heavy (non-hydrogen) atoms. The zero-order valence-electron chi connectivity index (χ0n) is 14.0. The SMILES string of the molecule is OC1(C2CCCCC2)CC2COCC(C1)N2Cc1ccccc1. The Labute approximate surface area is 139 Å². The van der Waals surface area contributed by atoms with Gasteiger partial charge in [0.2, 0.25) is 0 Å². The summed E-state index contributed by atoms with van der Waals surface area (Å²) >= 11 is 0. The van der Waals surface area contributed by atoms with Crippen molar-refractivity contribution in [1.82, 2.24) is 4.90 Å². The van der Waals surface area contributed by atoms with Crippen LogP contribution >= 0.6 is 0 Å². The topological polar surface area (TPSA) is 32.7 Å². The van der Waals surface area contributed by atoms with E-state index >= 15 is 0 Å². The molecule has 3 nitrogen and oxygen atoms in total. The van der Waals surface area contributed by atoms with Crippen LogP contribution in [0.1, 0.15) is 50.5 Å². The van der Waals surface area contributed by atoms with Gasteiger partial charge in [0.1, 0.15) is 0 Å². The average Bonchev–Trinajstić information content (AvgIpc) is 2.58. The van der Waals surface area contributed by atoms with Crippen molar-refractivity contribution in [2.45, 2.75) is 69.2 Å². The first-order valence-corrected chi connectivity index (χ1v) is 9.34. The number of nitrogens with zero attached hydrogens (tertiary/aromatic N) is 1. The zero-order valence-corrected chi connectivity index (χ0v) is 14.0. The van der Waals surface area contributed by atoms with Crippen LogP contribution in [0.2, 0.25) is 0 Å². The molecule has 3 heteroatoms. The van der Waals surface area contributed by atoms with Crippen LogP contribution in [0.3, 0.4) is 0 Å². The van der Waals surface area contributed by atoms with E-state index in [0.29, 0.717) is 18.0 Å². The fraction of sp³-hybridized carbons (Fsp3) is 0.700. The van der Waals surface area contributed by atoms with E-state index in [1.54, 1.807) is 0 Å². The number of benzene rings is 1. The molecule has 1 aromatic carbocycles. The summed E-state index contributed by atoms with van der Waals surface area (Å²) < 4.78 is 5.83. The fourth-order valence-corrected chi connectivity index (χ4v) is 5.11. The molecule has 2 bridgehead atoms. The van der Waals surface area contributed by atoms with E-state index in [0.717, 1.165) is 32.6 Å². The molecule has 0 spiro atoms. The summed E-state index contributed by atoms with van der Waals surface area (Å²) in [6.45, 7) is 2.54. The van der Waals surface area contributed by atoms with E-state index in [9.17, 15) is 5.11 Å². The smallest absolute Gasteiger partial charge is 0.0707 e. The highest BCUT2D eigenvalue weighted by Crippen LogP contribution is 2.44. The molecule has 2 atom stereocenters. The van der Waals surface area contributed by atoms with Crippen molar-refractivity contribution in [3.05, 3.63) is 35.9 Å². The minimum absolute atomic E-state index is 0.370. The maximum Gasteiger partial charge on any atom is 0.0707 e. The first-order chi connectivity index (χ1) is 11.2. The molecule has 3 aliphatic rings. The van der Waals surface area contributed by atoms with Crippen LogP contribution < -0.4 is 0 Å². The number of rotatable bonds is 3. The maximum atomic E-state index is 11.4. The second kappa shape index (κ2) is 6.54. The molecule has 0 aromatic heterocycles. The molecule has 1 aliphatic carbocycles. The van der Waals surface area contributed by atoms with Crippen molar-refractivity contribution in [2.24, 2.45) is 5.92 Å². The number of ether oxygens (including phenoxy) is 1. The van der Waals surface area contributed by atoms with E-state index in [2.05, 4.69) is 35.2 Å². The normalized spacial score (nSPS) is 36.0. The summed E-state index contributed by atoms with van der Waals surface area (Å²) in [5, 5.41) is 11.4. The standard InChI is InChI=1S/C20H29NO2/c22-20(17-9-5-2-6-10-17)11-18-14-23-15-19(12-20)21(18)13-16-7-3-1-4-8-16/h1,3-4,7-8,17-19,22H,2,5-6,9-15H2. The van der Waals surface area contributed by atoms with Gasteiger partial charge in [0.05, 0.1) is 18.8 Å². The quantitative estimate of drug-likeness (QED) is 0.928. The van der Waals surface area contributed by atoms with Gasteiger partial charge in [0.25, 0.3) is 0 Å². The van der Waals surface area contributed by atoms with E-state index in [-0.39, 0.29) is 0 Å². The van der Waals surface area contributed by atoms with E-state index in [1.165, 1.54) is 37.7 Å². The van der Waals surface area contributed by atoms with Crippen LogP contribution in [0.25, 0.3) is 0 Å². The lowest BCUT2D eigenvalue weighted by molar-refractivity contribution is -0.168. The summed E-state index contributed by atoms with van der Waals surface area (Å²) in [5.74, 6) is 0.512. The lowest BCUT2D eigenvalue weighted by atomic mass is 9.68. The molecule has 4 rings (SSSR count). The van der Waals surface area contributed by atoms with Gasteiger partial charge < -0.3 is 9.84 Å². The second-order valence-electron chi connectivity index (χ2n) is 7.85. The third-order valence-corrected chi connectivity index (χ3v) is 6.31. The van der Waals surface area contributed by atoms with Crippen molar-refractivity contribution < 1.29 is 9.84 Å². The Hall–Kier alpha value is -0.900. The van der Waals surface area contributed by atoms with Gasteiger partial charge in [0, 0.05) is 18.6 Å².